The van der Waals surface area contributed by atoms with Crippen LogP contribution < -0.4 is 5.56 Å². The zero-order chi connectivity index (χ0) is 17.9. The normalized spacial score (nSPS) is 18.0. The molecule has 7 heteroatoms. The Kier molecular flexibility index (Phi) is 4.81. The van der Waals surface area contributed by atoms with Crippen LogP contribution in [0, 0.1) is 0 Å². The van der Waals surface area contributed by atoms with Gasteiger partial charge in [-0.3, -0.25) is 14.3 Å². The zero-order valence-corrected chi connectivity index (χ0v) is 14.8. The summed E-state index contributed by atoms with van der Waals surface area (Å²) in [5.74, 6) is 1.63. The molecule has 0 spiro atoms. The van der Waals surface area contributed by atoms with Crippen LogP contribution in [-0.4, -0.2) is 39.9 Å². The van der Waals surface area contributed by atoms with Gasteiger partial charge in [0.05, 0.1) is 42.8 Å². The van der Waals surface area contributed by atoms with E-state index in [1.165, 1.54) is 0 Å². The van der Waals surface area contributed by atoms with Crippen LogP contribution in [0.15, 0.2) is 45.8 Å². The minimum absolute atomic E-state index is 0.00540. The van der Waals surface area contributed by atoms with E-state index in [9.17, 15) is 4.79 Å². The van der Waals surface area contributed by atoms with Gasteiger partial charge in [0.15, 0.2) is 5.76 Å². The predicted octanol–water partition coefficient (Wildman–Crippen LogP) is 2.37. The summed E-state index contributed by atoms with van der Waals surface area (Å²) in [6, 6.07) is 9.47. The van der Waals surface area contributed by atoms with Crippen molar-refractivity contribution >= 4 is 10.9 Å². The molecule has 1 aromatic carbocycles. The first-order valence-electron chi connectivity index (χ1n) is 8.90. The highest BCUT2D eigenvalue weighted by Crippen LogP contribution is 2.32. The molecule has 0 bridgehead atoms. The SMILES string of the molecule is COCCn1c(C2CCCN2Cc2ccno2)nc2ccccc2c1=O. The third kappa shape index (κ3) is 3.15. The molecule has 1 unspecified atom stereocenters. The largest absolute Gasteiger partial charge is 0.383 e. The summed E-state index contributed by atoms with van der Waals surface area (Å²) in [5, 5.41) is 4.43. The number of ether oxygens (including phenoxy) is 1. The third-order valence-electron chi connectivity index (χ3n) is 4.92. The lowest BCUT2D eigenvalue weighted by Crippen LogP contribution is -2.33. The van der Waals surface area contributed by atoms with Crippen molar-refractivity contribution in [2.75, 3.05) is 20.3 Å². The fourth-order valence-corrected chi connectivity index (χ4v) is 3.67. The van der Waals surface area contributed by atoms with Gasteiger partial charge in [-0.2, -0.15) is 0 Å². The maximum Gasteiger partial charge on any atom is 0.261 e. The number of hydrogen-bond acceptors (Lipinski definition) is 6. The van der Waals surface area contributed by atoms with Crippen molar-refractivity contribution in [3.05, 3.63) is 58.5 Å². The minimum atomic E-state index is -0.00540. The van der Waals surface area contributed by atoms with Crippen LogP contribution in [0.2, 0.25) is 0 Å². The van der Waals surface area contributed by atoms with Crippen LogP contribution >= 0.6 is 0 Å². The molecule has 1 saturated heterocycles. The lowest BCUT2D eigenvalue weighted by atomic mass is 10.1. The molecule has 1 atom stereocenters. The van der Waals surface area contributed by atoms with Gasteiger partial charge in [-0.15, -0.1) is 0 Å². The molecule has 1 fully saturated rings. The van der Waals surface area contributed by atoms with Gasteiger partial charge in [0.1, 0.15) is 5.82 Å². The maximum absolute atomic E-state index is 13.1. The molecule has 0 radical (unpaired) electrons. The number of aromatic nitrogens is 3. The Morgan fingerprint density at radius 3 is 3.00 bits per heavy atom. The van der Waals surface area contributed by atoms with E-state index in [4.69, 9.17) is 14.2 Å². The van der Waals surface area contributed by atoms with Crippen LogP contribution in [0.3, 0.4) is 0 Å². The van der Waals surface area contributed by atoms with E-state index >= 15 is 0 Å². The van der Waals surface area contributed by atoms with E-state index in [2.05, 4.69) is 10.1 Å². The van der Waals surface area contributed by atoms with Gasteiger partial charge in [-0.05, 0) is 31.5 Å². The quantitative estimate of drug-likeness (QED) is 0.677. The molecule has 136 valence electrons. The van der Waals surface area contributed by atoms with Crippen molar-refractivity contribution in [2.24, 2.45) is 0 Å². The third-order valence-corrected chi connectivity index (χ3v) is 4.92. The molecule has 0 amide bonds. The van der Waals surface area contributed by atoms with Crippen molar-refractivity contribution < 1.29 is 9.26 Å². The molecule has 1 aliphatic heterocycles. The van der Waals surface area contributed by atoms with E-state index in [-0.39, 0.29) is 11.6 Å². The summed E-state index contributed by atoms with van der Waals surface area (Å²) < 4.78 is 12.3. The molecular weight excluding hydrogens is 332 g/mol. The van der Waals surface area contributed by atoms with Gasteiger partial charge in [-0.1, -0.05) is 17.3 Å². The first kappa shape index (κ1) is 16.9. The van der Waals surface area contributed by atoms with E-state index in [1.54, 1.807) is 17.9 Å². The summed E-state index contributed by atoms with van der Waals surface area (Å²) in [7, 11) is 1.64. The van der Waals surface area contributed by atoms with E-state index in [0.717, 1.165) is 36.5 Å². The Morgan fingerprint density at radius 2 is 2.19 bits per heavy atom. The number of para-hydroxylation sites is 1. The molecule has 7 nitrogen and oxygen atoms in total. The Bertz CT molecular complexity index is 936. The lowest BCUT2D eigenvalue weighted by molar-refractivity contribution is 0.175. The molecule has 26 heavy (non-hydrogen) atoms. The lowest BCUT2D eigenvalue weighted by Gasteiger charge is -2.25. The predicted molar refractivity (Wildman–Crippen MR) is 96.8 cm³/mol. The molecule has 0 saturated carbocycles. The first-order valence-corrected chi connectivity index (χ1v) is 8.90. The summed E-state index contributed by atoms with van der Waals surface area (Å²) >= 11 is 0. The van der Waals surface area contributed by atoms with E-state index in [1.807, 2.05) is 30.3 Å². The van der Waals surface area contributed by atoms with Gasteiger partial charge in [0.25, 0.3) is 5.56 Å². The molecule has 3 heterocycles. The van der Waals surface area contributed by atoms with Crippen LogP contribution in [0.4, 0.5) is 0 Å². The smallest absolute Gasteiger partial charge is 0.261 e. The van der Waals surface area contributed by atoms with Crippen LogP contribution in [0.1, 0.15) is 30.5 Å². The Balaban J connectivity index is 1.77. The Hall–Kier alpha value is -2.51. The molecule has 4 rings (SSSR count). The number of hydrogen-bond donors (Lipinski definition) is 0. The standard InChI is InChI=1S/C19H22N4O3/c1-25-12-11-23-18(21-16-6-3-2-5-15(16)19(23)24)17-7-4-10-22(17)13-14-8-9-20-26-14/h2-3,5-6,8-9,17H,4,7,10-13H2,1H3. The van der Waals surface area contributed by atoms with Crippen molar-refractivity contribution in [1.29, 1.82) is 0 Å². The second kappa shape index (κ2) is 7.39. The van der Waals surface area contributed by atoms with E-state index in [0.29, 0.717) is 25.1 Å². The fraction of sp³-hybridized carbons (Fsp3) is 0.421. The minimum Gasteiger partial charge on any atom is -0.383 e. The van der Waals surface area contributed by atoms with Crippen molar-refractivity contribution in [3.63, 3.8) is 0 Å². The maximum atomic E-state index is 13.1. The van der Waals surface area contributed by atoms with Gasteiger partial charge >= 0.3 is 0 Å². The molecule has 0 N–H and O–H groups in total. The van der Waals surface area contributed by atoms with Crippen LogP contribution in [0.5, 0.6) is 0 Å². The number of benzene rings is 1. The highest BCUT2D eigenvalue weighted by molar-refractivity contribution is 5.77. The molecular formula is C19H22N4O3. The number of methoxy groups -OCH3 is 1. The first-order chi connectivity index (χ1) is 12.8. The van der Waals surface area contributed by atoms with Crippen molar-refractivity contribution in [3.8, 4) is 0 Å². The highest BCUT2D eigenvalue weighted by atomic mass is 16.5. The summed E-state index contributed by atoms with van der Waals surface area (Å²) in [4.78, 5) is 20.2. The topological polar surface area (TPSA) is 73.4 Å². The van der Waals surface area contributed by atoms with Gasteiger partial charge in [0, 0.05) is 13.2 Å². The average molecular weight is 354 g/mol. The zero-order valence-electron chi connectivity index (χ0n) is 14.8. The summed E-state index contributed by atoms with van der Waals surface area (Å²) in [5.41, 5.74) is 0.738. The molecule has 1 aliphatic rings. The summed E-state index contributed by atoms with van der Waals surface area (Å²) in [6.45, 7) is 2.58. The Labute approximate surface area is 151 Å². The number of nitrogens with zero attached hydrogens (tertiary/aromatic N) is 4. The van der Waals surface area contributed by atoms with Crippen molar-refractivity contribution in [2.45, 2.75) is 32.0 Å². The monoisotopic (exact) mass is 354 g/mol. The van der Waals surface area contributed by atoms with Crippen LogP contribution in [0.25, 0.3) is 10.9 Å². The average Bonchev–Trinajstić information content (AvgIpc) is 3.33. The van der Waals surface area contributed by atoms with Crippen molar-refractivity contribution in [1.82, 2.24) is 19.6 Å². The van der Waals surface area contributed by atoms with Gasteiger partial charge in [-0.25, -0.2) is 4.98 Å². The highest BCUT2D eigenvalue weighted by Gasteiger charge is 2.31. The van der Waals surface area contributed by atoms with Gasteiger partial charge in [0.2, 0.25) is 0 Å². The van der Waals surface area contributed by atoms with Crippen LogP contribution in [-0.2, 0) is 17.8 Å². The molecule has 2 aromatic heterocycles. The number of rotatable bonds is 6. The number of fused-ring (bicyclic) bond motifs is 1. The number of likely N-dealkylation sites (tertiary alicyclic amines) is 1. The summed E-state index contributed by atoms with van der Waals surface area (Å²) in [6.07, 6.45) is 3.68. The Morgan fingerprint density at radius 1 is 1.31 bits per heavy atom. The fourth-order valence-electron chi connectivity index (χ4n) is 3.67. The molecule has 0 aliphatic carbocycles. The molecule has 3 aromatic rings. The van der Waals surface area contributed by atoms with Gasteiger partial charge < -0.3 is 9.26 Å². The second-order valence-corrected chi connectivity index (χ2v) is 6.54. The second-order valence-electron chi connectivity index (χ2n) is 6.54. The van der Waals surface area contributed by atoms with E-state index < -0.39 is 0 Å².